The number of aryl methyl sites for hydroxylation is 1. The van der Waals surface area contributed by atoms with Gasteiger partial charge in [0.15, 0.2) is 0 Å². The second kappa shape index (κ2) is 12.7. The van der Waals surface area contributed by atoms with Crippen LogP contribution in [0.4, 0.5) is 5.69 Å². The number of hydrogen-bond donors (Lipinski definition) is 2. The van der Waals surface area contributed by atoms with Crippen molar-refractivity contribution in [1.29, 1.82) is 0 Å². The Morgan fingerprint density at radius 2 is 1.61 bits per heavy atom. The maximum absolute atomic E-state index is 13.2. The molecule has 0 heterocycles. The van der Waals surface area contributed by atoms with E-state index in [1.165, 1.54) is 16.7 Å². The average molecular weight is 524 g/mol. The molecular formula is C34H53NO3. The zero-order chi connectivity index (χ0) is 28.1. The first-order valence-electron chi connectivity index (χ1n) is 14.9. The quantitative estimate of drug-likeness (QED) is 0.289. The van der Waals surface area contributed by atoms with Crippen LogP contribution in [0.1, 0.15) is 135 Å². The second-order valence-corrected chi connectivity index (χ2v) is 12.5. The zero-order valence-corrected chi connectivity index (χ0v) is 24.9. The van der Waals surface area contributed by atoms with Crippen molar-refractivity contribution in [2.45, 2.75) is 136 Å². The van der Waals surface area contributed by atoms with Crippen molar-refractivity contribution in [3.8, 4) is 5.75 Å². The van der Waals surface area contributed by atoms with Crippen LogP contribution >= 0.6 is 0 Å². The van der Waals surface area contributed by atoms with Crippen LogP contribution in [-0.2, 0) is 11.2 Å². The highest BCUT2D eigenvalue weighted by Crippen LogP contribution is 2.46. The van der Waals surface area contributed by atoms with Gasteiger partial charge in [0.25, 0.3) is 0 Å². The van der Waals surface area contributed by atoms with Crippen molar-refractivity contribution in [3.63, 3.8) is 0 Å². The molecule has 1 aliphatic carbocycles. The van der Waals surface area contributed by atoms with Gasteiger partial charge in [0, 0.05) is 14.0 Å². The van der Waals surface area contributed by atoms with E-state index in [2.05, 4.69) is 45.9 Å². The van der Waals surface area contributed by atoms with E-state index in [1.54, 1.807) is 13.0 Å². The van der Waals surface area contributed by atoms with Gasteiger partial charge < -0.3 is 15.1 Å². The highest BCUT2D eigenvalue weighted by atomic mass is 16.3. The van der Waals surface area contributed by atoms with Gasteiger partial charge in [-0.2, -0.15) is 0 Å². The smallest absolute Gasteiger partial charge is 0.224 e. The van der Waals surface area contributed by atoms with Crippen LogP contribution in [0, 0.1) is 6.92 Å². The molecule has 0 bridgehead atoms. The van der Waals surface area contributed by atoms with E-state index in [9.17, 15) is 15.0 Å². The Morgan fingerprint density at radius 3 is 2.13 bits per heavy atom. The fourth-order valence-corrected chi connectivity index (χ4v) is 6.82. The van der Waals surface area contributed by atoms with Gasteiger partial charge >= 0.3 is 0 Å². The first-order chi connectivity index (χ1) is 17.9. The lowest BCUT2D eigenvalue weighted by Crippen LogP contribution is -2.65. The van der Waals surface area contributed by atoms with Gasteiger partial charge in [-0.15, -0.1) is 0 Å². The topological polar surface area (TPSA) is 60.8 Å². The molecule has 38 heavy (non-hydrogen) atoms. The van der Waals surface area contributed by atoms with Crippen LogP contribution in [-0.4, -0.2) is 27.3 Å². The number of nitrogens with zero attached hydrogens (tertiary/aromatic N) is 1. The van der Waals surface area contributed by atoms with Crippen LogP contribution < -0.4 is 4.90 Å². The normalized spacial score (nSPS) is 17.0. The number of benzene rings is 2. The van der Waals surface area contributed by atoms with Crippen LogP contribution in [0.25, 0.3) is 0 Å². The molecule has 0 spiro atoms. The molecule has 212 valence electrons. The number of unbranched alkanes of at least 4 members (excludes halogenated alkanes) is 2. The first-order valence-corrected chi connectivity index (χ1v) is 14.9. The number of anilines is 1. The van der Waals surface area contributed by atoms with Gasteiger partial charge in [-0.3, -0.25) is 4.79 Å². The minimum atomic E-state index is -1.01. The van der Waals surface area contributed by atoms with E-state index in [4.69, 9.17) is 0 Å². The maximum atomic E-state index is 13.2. The van der Waals surface area contributed by atoms with Crippen LogP contribution in [0.5, 0.6) is 5.75 Å². The Hall–Kier alpha value is -2.33. The second-order valence-electron chi connectivity index (χ2n) is 12.5. The van der Waals surface area contributed by atoms with Crippen molar-refractivity contribution in [2.24, 2.45) is 0 Å². The van der Waals surface area contributed by atoms with E-state index in [-0.39, 0.29) is 13.1 Å². The standard InChI is InChI=1S/C34H51NO3.H2/c1-24(2)29-16-14-17-30(25(3)4)31(29)15-10-8-11-20-33(7,38)34(21-12-9-13-22-34)35(27(6)36)28-18-19-32(37)26(5)23-28;/h14,16-19,23-25,37-38H,8-13,15,20-22H2,1-7H3;1H. The number of aliphatic hydroxyl groups is 1. The molecule has 1 aliphatic rings. The van der Waals surface area contributed by atoms with Crippen LogP contribution in [0.15, 0.2) is 36.4 Å². The van der Waals surface area contributed by atoms with Crippen molar-refractivity contribution >= 4 is 11.6 Å². The highest BCUT2D eigenvalue weighted by molar-refractivity contribution is 5.93. The molecule has 1 fully saturated rings. The van der Waals surface area contributed by atoms with Crippen molar-refractivity contribution < 1.29 is 16.4 Å². The Bertz CT molecular complexity index is 1060. The summed E-state index contributed by atoms with van der Waals surface area (Å²) in [6, 6.07) is 12.1. The summed E-state index contributed by atoms with van der Waals surface area (Å²) in [5.41, 5.74) is 4.29. The zero-order valence-electron chi connectivity index (χ0n) is 24.9. The molecule has 0 aliphatic heterocycles. The van der Waals surface area contributed by atoms with E-state index in [0.717, 1.165) is 69.0 Å². The number of rotatable bonds is 11. The molecule has 4 nitrogen and oxygen atoms in total. The summed E-state index contributed by atoms with van der Waals surface area (Å²) in [7, 11) is 0. The van der Waals surface area contributed by atoms with E-state index in [1.807, 2.05) is 30.9 Å². The lowest BCUT2D eigenvalue weighted by molar-refractivity contribution is -0.122. The third-order valence-corrected chi connectivity index (χ3v) is 8.95. The molecule has 0 aromatic heterocycles. The largest absolute Gasteiger partial charge is 0.508 e. The van der Waals surface area contributed by atoms with Crippen LogP contribution in [0.2, 0.25) is 0 Å². The summed E-state index contributed by atoms with van der Waals surface area (Å²) >= 11 is 0. The number of phenols is 1. The molecule has 1 saturated carbocycles. The van der Waals surface area contributed by atoms with Gasteiger partial charge in [0.1, 0.15) is 5.75 Å². The summed E-state index contributed by atoms with van der Waals surface area (Å²) < 4.78 is 0. The predicted molar refractivity (Wildman–Crippen MR) is 161 cm³/mol. The number of carbonyl (C=O) groups is 1. The SMILES string of the molecule is CC(=O)N(c1ccc(O)c(C)c1)C1(C(C)(O)CCCCCc2c(C(C)C)cccc2C(C)C)CCCCC1.[HH]. The lowest BCUT2D eigenvalue weighted by atomic mass is 9.67. The fourth-order valence-electron chi connectivity index (χ4n) is 6.82. The molecule has 1 unspecified atom stereocenters. The summed E-state index contributed by atoms with van der Waals surface area (Å²) in [4.78, 5) is 15.0. The summed E-state index contributed by atoms with van der Waals surface area (Å²) in [6.45, 7) is 14.5. The van der Waals surface area contributed by atoms with Gasteiger partial charge in [-0.05, 0) is 98.2 Å². The average Bonchev–Trinajstić information content (AvgIpc) is 2.86. The third kappa shape index (κ3) is 6.45. The van der Waals surface area contributed by atoms with E-state index >= 15 is 0 Å². The number of aromatic hydroxyl groups is 1. The molecule has 1 atom stereocenters. The predicted octanol–water partition coefficient (Wildman–Crippen LogP) is 8.80. The Morgan fingerprint density at radius 1 is 1.00 bits per heavy atom. The Kier molecular flexibility index (Phi) is 10.1. The highest BCUT2D eigenvalue weighted by Gasteiger charge is 2.52. The number of hydrogen-bond acceptors (Lipinski definition) is 3. The minimum absolute atomic E-state index is 0. The number of carbonyl (C=O) groups excluding carboxylic acids is 1. The monoisotopic (exact) mass is 523 g/mol. The number of phenolic OH excluding ortho intramolecular Hbond substituents is 1. The first kappa shape index (κ1) is 30.2. The Balaban J connectivity index is 0.00000533. The van der Waals surface area contributed by atoms with E-state index in [0.29, 0.717) is 18.3 Å². The molecule has 0 radical (unpaired) electrons. The molecule has 2 N–H and O–H groups in total. The Labute approximate surface area is 233 Å². The summed E-state index contributed by atoms with van der Waals surface area (Å²) in [5.74, 6) is 1.19. The molecule has 4 heteroatoms. The van der Waals surface area contributed by atoms with Crippen LogP contribution in [0.3, 0.4) is 0 Å². The van der Waals surface area contributed by atoms with Gasteiger partial charge in [-0.25, -0.2) is 0 Å². The fraction of sp³-hybridized carbons (Fsp3) is 0.618. The molecule has 2 aromatic carbocycles. The summed E-state index contributed by atoms with van der Waals surface area (Å²) in [5, 5.41) is 22.2. The maximum Gasteiger partial charge on any atom is 0.224 e. The van der Waals surface area contributed by atoms with E-state index < -0.39 is 11.1 Å². The van der Waals surface area contributed by atoms with Gasteiger partial charge in [-0.1, -0.05) is 78.0 Å². The lowest BCUT2D eigenvalue weighted by Gasteiger charge is -2.54. The van der Waals surface area contributed by atoms with Gasteiger partial charge in [0.2, 0.25) is 5.91 Å². The number of amides is 1. The third-order valence-electron chi connectivity index (χ3n) is 8.95. The van der Waals surface area contributed by atoms with Crippen molar-refractivity contribution in [3.05, 3.63) is 58.7 Å². The summed E-state index contributed by atoms with van der Waals surface area (Å²) in [6.07, 6.45) is 9.52. The van der Waals surface area contributed by atoms with Crippen molar-refractivity contribution in [2.75, 3.05) is 4.90 Å². The van der Waals surface area contributed by atoms with Gasteiger partial charge in [0.05, 0.1) is 11.1 Å². The molecule has 0 saturated heterocycles. The molecular weight excluding hydrogens is 470 g/mol. The minimum Gasteiger partial charge on any atom is -0.508 e. The molecule has 2 aromatic rings. The molecule has 1 amide bonds. The van der Waals surface area contributed by atoms with Crippen molar-refractivity contribution in [1.82, 2.24) is 0 Å². The molecule has 3 rings (SSSR count).